The van der Waals surface area contributed by atoms with Gasteiger partial charge in [-0.15, -0.1) is 10.2 Å². The SMILES string of the molecule is CCOC(=O)c1nnc(C(C)(C)COC(C)=O)o1. The molecule has 100 valence electrons. The van der Waals surface area contributed by atoms with Crippen LogP contribution in [-0.4, -0.2) is 35.3 Å². The van der Waals surface area contributed by atoms with Gasteiger partial charge in [-0.1, -0.05) is 0 Å². The molecule has 1 aromatic rings. The summed E-state index contributed by atoms with van der Waals surface area (Å²) in [6.07, 6.45) is 0. The lowest BCUT2D eigenvalue weighted by molar-refractivity contribution is -0.142. The van der Waals surface area contributed by atoms with Crippen molar-refractivity contribution in [1.29, 1.82) is 0 Å². The van der Waals surface area contributed by atoms with Crippen LogP contribution in [0.1, 0.15) is 44.3 Å². The Morgan fingerprint density at radius 1 is 1.28 bits per heavy atom. The summed E-state index contributed by atoms with van der Waals surface area (Å²) in [5.74, 6) is -1.05. The third kappa shape index (κ3) is 3.54. The van der Waals surface area contributed by atoms with E-state index in [1.807, 2.05) is 0 Å². The molecule has 0 unspecified atom stereocenters. The van der Waals surface area contributed by atoms with Crippen LogP contribution in [-0.2, 0) is 19.7 Å². The monoisotopic (exact) mass is 256 g/mol. The van der Waals surface area contributed by atoms with Crippen molar-refractivity contribution in [2.24, 2.45) is 0 Å². The van der Waals surface area contributed by atoms with Gasteiger partial charge < -0.3 is 13.9 Å². The number of carbonyl (C=O) groups excluding carboxylic acids is 2. The molecule has 0 fully saturated rings. The van der Waals surface area contributed by atoms with Gasteiger partial charge in [0.1, 0.15) is 6.61 Å². The predicted molar refractivity (Wildman–Crippen MR) is 59.9 cm³/mol. The van der Waals surface area contributed by atoms with Crippen molar-refractivity contribution in [3.05, 3.63) is 11.8 Å². The van der Waals surface area contributed by atoms with Crippen LogP contribution >= 0.6 is 0 Å². The van der Waals surface area contributed by atoms with E-state index in [2.05, 4.69) is 10.2 Å². The van der Waals surface area contributed by atoms with Crippen LogP contribution in [0.5, 0.6) is 0 Å². The second-order valence-corrected chi connectivity index (χ2v) is 4.30. The van der Waals surface area contributed by atoms with E-state index in [0.29, 0.717) is 0 Å². The molecule has 1 aromatic heterocycles. The molecule has 0 amide bonds. The lowest BCUT2D eigenvalue weighted by atomic mass is 9.95. The summed E-state index contributed by atoms with van der Waals surface area (Å²) in [7, 11) is 0. The van der Waals surface area contributed by atoms with Crippen LogP contribution in [0, 0.1) is 0 Å². The van der Waals surface area contributed by atoms with Crippen molar-refractivity contribution in [2.75, 3.05) is 13.2 Å². The summed E-state index contributed by atoms with van der Waals surface area (Å²) in [6.45, 7) is 6.84. The number of hydrogen-bond acceptors (Lipinski definition) is 7. The fourth-order valence-corrected chi connectivity index (χ4v) is 1.12. The number of nitrogens with zero attached hydrogens (tertiary/aromatic N) is 2. The third-order valence-corrected chi connectivity index (χ3v) is 2.09. The zero-order valence-corrected chi connectivity index (χ0v) is 10.8. The first-order chi connectivity index (χ1) is 8.36. The molecule has 0 aromatic carbocycles. The van der Waals surface area contributed by atoms with Crippen LogP contribution in [0.4, 0.5) is 0 Å². The molecule has 1 heterocycles. The Balaban J connectivity index is 2.77. The molecule has 0 aliphatic carbocycles. The van der Waals surface area contributed by atoms with Gasteiger partial charge in [-0.25, -0.2) is 4.79 Å². The van der Waals surface area contributed by atoms with Gasteiger partial charge in [-0.2, -0.15) is 0 Å². The normalized spacial score (nSPS) is 11.1. The Morgan fingerprint density at radius 2 is 1.94 bits per heavy atom. The number of rotatable bonds is 5. The molecule has 0 N–H and O–H groups in total. The number of aromatic nitrogens is 2. The molecule has 18 heavy (non-hydrogen) atoms. The van der Waals surface area contributed by atoms with E-state index in [0.717, 1.165) is 0 Å². The van der Waals surface area contributed by atoms with Crippen LogP contribution < -0.4 is 0 Å². The molecule has 0 radical (unpaired) electrons. The molecule has 0 bridgehead atoms. The highest BCUT2D eigenvalue weighted by Gasteiger charge is 2.30. The van der Waals surface area contributed by atoms with Crippen LogP contribution in [0.15, 0.2) is 4.42 Å². The maximum Gasteiger partial charge on any atom is 0.396 e. The predicted octanol–water partition coefficient (Wildman–Crippen LogP) is 1.09. The van der Waals surface area contributed by atoms with Gasteiger partial charge in [0.2, 0.25) is 5.89 Å². The first-order valence-electron chi connectivity index (χ1n) is 5.51. The molecule has 1 rings (SSSR count). The van der Waals surface area contributed by atoms with E-state index in [9.17, 15) is 9.59 Å². The van der Waals surface area contributed by atoms with Crippen LogP contribution in [0.3, 0.4) is 0 Å². The molecule has 7 nitrogen and oxygen atoms in total. The second-order valence-electron chi connectivity index (χ2n) is 4.30. The first-order valence-corrected chi connectivity index (χ1v) is 5.51. The molecule has 0 saturated carbocycles. The van der Waals surface area contributed by atoms with E-state index < -0.39 is 17.4 Å². The van der Waals surface area contributed by atoms with Crippen molar-refractivity contribution in [3.8, 4) is 0 Å². The molecule has 0 saturated heterocycles. The standard InChI is InChI=1S/C11H16N2O5/c1-5-16-9(15)8-12-13-10(18-8)11(3,4)6-17-7(2)14/h5-6H2,1-4H3. The number of ether oxygens (including phenoxy) is 2. The van der Waals surface area contributed by atoms with E-state index >= 15 is 0 Å². The van der Waals surface area contributed by atoms with Crippen molar-refractivity contribution >= 4 is 11.9 Å². The first kappa shape index (κ1) is 14.1. The summed E-state index contributed by atoms with van der Waals surface area (Å²) in [4.78, 5) is 22.1. The van der Waals surface area contributed by atoms with Gasteiger partial charge in [0.05, 0.1) is 12.0 Å². The Bertz CT molecular complexity index is 438. The third-order valence-electron chi connectivity index (χ3n) is 2.09. The highest BCUT2D eigenvalue weighted by molar-refractivity contribution is 5.83. The summed E-state index contributed by atoms with van der Waals surface area (Å²) in [6, 6.07) is 0. The topological polar surface area (TPSA) is 91.5 Å². The van der Waals surface area contributed by atoms with Crippen LogP contribution in [0.2, 0.25) is 0 Å². The highest BCUT2D eigenvalue weighted by Crippen LogP contribution is 2.22. The maximum atomic E-state index is 11.3. The van der Waals surface area contributed by atoms with Gasteiger partial charge in [-0.05, 0) is 20.8 Å². The van der Waals surface area contributed by atoms with Gasteiger partial charge >= 0.3 is 17.8 Å². The highest BCUT2D eigenvalue weighted by atomic mass is 16.5. The smallest absolute Gasteiger partial charge is 0.396 e. The Labute approximate surface area is 104 Å². The summed E-state index contributed by atoms with van der Waals surface area (Å²) in [5.41, 5.74) is -0.663. The molecule has 7 heteroatoms. The van der Waals surface area contributed by atoms with Crippen molar-refractivity contribution in [2.45, 2.75) is 33.1 Å². The minimum absolute atomic E-state index is 0.0901. The second kappa shape index (κ2) is 5.61. The zero-order valence-electron chi connectivity index (χ0n) is 10.8. The Hall–Kier alpha value is -1.92. The van der Waals surface area contributed by atoms with Gasteiger partial charge in [-0.3, -0.25) is 4.79 Å². The molecule has 0 spiro atoms. The lowest BCUT2D eigenvalue weighted by Crippen LogP contribution is -2.26. The fourth-order valence-electron chi connectivity index (χ4n) is 1.12. The fraction of sp³-hybridized carbons (Fsp3) is 0.636. The van der Waals surface area contributed by atoms with E-state index in [1.54, 1.807) is 20.8 Å². The van der Waals surface area contributed by atoms with Crippen LogP contribution in [0.25, 0.3) is 0 Å². The molecule has 0 atom stereocenters. The summed E-state index contributed by atoms with van der Waals surface area (Å²) < 4.78 is 14.8. The van der Waals surface area contributed by atoms with E-state index in [4.69, 9.17) is 13.9 Å². The number of hydrogen-bond donors (Lipinski definition) is 0. The summed E-state index contributed by atoms with van der Waals surface area (Å²) >= 11 is 0. The van der Waals surface area contributed by atoms with Gasteiger partial charge in [0, 0.05) is 6.92 Å². The van der Waals surface area contributed by atoms with E-state index in [-0.39, 0.29) is 25.0 Å². The molecular formula is C11H16N2O5. The minimum atomic E-state index is -0.667. The van der Waals surface area contributed by atoms with Gasteiger partial charge in [0.15, 0.2) is 0 Å². The minimum Gasteiger partial charge on any atom is -0.465 e. The summed E-state index contributed by atoms with van der Waals surface area (Å²) in [5, 5.41) is 7.36. The average Bonchev–Trinajstić information content (AvgIpc) is 2.77. The molecular weight excluding hydrogens is 240 g/mol. The maximum absolute atomic E-state index is 11.3. The molecule has 0 aliphatic rings. The van der Waals surface area contributed by atoms with Crippen molar-refractivity contribution < 1.29 is 23.5 Å². The Morgan fingerprint density at radius 3 is 2.50 bits per heavy atom. The van der Waals surface area contributed by atoms with Gasteiger partial charge in [0.25, 0.3) is 0 Å². The lowest BCUT2D eigenvalue weighted by Gasteiger charge is -2.18. The van der Waals surface area contributed by atoms with Crippen molar-refractivity contribution in [3.63, 3.8) is 0 Å². The van der Waals surface area contributed by atoms with E-state index in [1.165, 1.54) is 6.92 Å². The van der Waals surface area contributed by atoms with Crippen molar-refractivity contribution in [1.82, 2.24) is 10.2 Å². The average molecular weight is 256 g/mol. The quantitative estimate of drug-likeness (QED) is 0.728. The molecule has 0 aliphatic heterocycles. The number of esters is 2. The Kier molecular flexibility index (Phi) is 4.41. The zero-order chi connectivity index (χ0) is 13.8. The largest absolute Gasteiger partial charge is 0.465 e. The number of carbonyl (C=O) groups is 2.